The van der Waals surface area contributed by atoms with E-state index in [1.807, 2.05) is 37.3 Å². The van der Waals surface area contributed by atoms with E-state index >= 15 is 0 Å². The number of rotatable bonds is 5. The molecule has 1 N–H and O–H groups in total. The maximum absolute atomic E-state index is 10.9. The average Bonchev–Trinajstić information content (AvgIpc) is 2.29. The zero-order chi connectivity index (χ0) is 12.8. The predicted molar refractivity (Wildman–Crippen MR) is 67.9 cm³/mol. The molecular formula is C14H18O3. The molecule has 0 aliphatic carbocycles. The third-order valence-electron chi connectivity index (χ3n) is 2.52. The van der Waals surface area contributed by atoms with Crippen molar-refractivity contribution in [3.05, 3.63) is 35.4 Å². The number of ether oxygens (including phenoxy) is 1. The number of methoxy groups -OCH3 is 1. The smallest absolute Gasteiger partial charge is 0.132 e. The number of aliphatic hydroxyl groups is 1. The molecule has 0 spiro atoms. The van der Waals surface area contributed by atoms with Gasteiger partial charge in [0.25, 0.3) is 0 Å². The molecule has 0 radical (unpaired) electrons. The summed E-state index contributed by atoms with van der Waals surface area (Å²) in [5.74, 6) is 0.782. The van der Waals surface area contributed by atoms with Crippen LogP contribution in [0.15, 0.2) is 29.8 Å². The lowest BCUT2D eigenvalue weighted by Gasteiger charge is -2.09. The molecule has 0 bridgehead atoms. The number of Topliss-reactive ketones (excluding diaryl/α,β-unsaturated/α-hetero) is 1. The molecular weight excluding hydrogens is 216 g/mol. The Balaban J connectivity index is 2.75. The second-order valence-electron chi connectivity index (χ2n) is 4.08. The van der Waals surface area contributed by atoms with Crippen molar-refractivity contribution in [2.24, 2.45) is 0 Å². The highest BCUT2D eigenvalue weighted by molar-refractivity contribution is 5.76. The summed E-state index contributed by atoms with van der Waals surface area (Å²) in [5.41, 5.74) is 1.76. The largest absolute Gasteiger partial charge is 0.497 e. The van der Waals surface area contributed by atoms with Crippen molar-refractivity contribution in [3.8, 4) is 5.75 Å². The van der Waals surface area contributed by atoms with Gasteiger partial charge in [0, 0.05) is 6.42 Å². The van der Waals surface area contributed by atoms with Crippen LogP contribution in [-0.2, 0) is 4.79 Å². The van der Waals surface area contributed by atoms with Crippen molar-refractivity contribution in [2.75, 3.05) is 7.11 Å². The zero-order valence-corrected chi connectivity index (χ0v) is 10.4. The van der Waals surface area contributed by atoms with Gasteiger partial charge in [-0.05, 0) is 37.1 Å². The summed E-state index contributed by atoms with van der Waals surface area (Å²) < 4.78 is 5.06. The van der Waals surface area contributed by atoms with Gasteiger partial charge in [-0.3, -0.25) is 4.79 Å². The third kappa shape index (κ3) is 4.41. The van der Waals surface area contributed by atoms with Crippen LogP contribution in [0.4, 0.5) is 0 Å². The van der Waals surface area contributed by atoms with Crippen LogP contribution in [0.25, 0.3) is 6.08 Å². The molecule has 0 saturated heterocycles. The lowest BCUT2D eigenvalue weighted by Crippen LogP contribution is -2.12. The molecule has 0 amide bonds. The van der Waals surface area contributed by atoms with Crippen LogP contribution in [0, 0.1) is 0 Å². The first-order valence-electron chi connectivity index (χ1n) is 5.52. The highest BCUT2D eigenvalue weighted by Crippen LogP contribution is 2.16. The minimum atomic E-state index is -0.699. The summed E-state index contributed by atoms with van der Waals surface area (Å²) in [6, 6.07) is 7.53. The molecule has 1 aromatic carbocycles. The Kier molecular flexibility index (Phi) is 4.91. The Morgan fingerprint density at radius 3 is 2.41 bits per heavy atom. The van der Waals surface area contributed by atoms with E-state index in [9.17, 15) is 9.90 Å². The molecule has 1 rings (SSSR count). The van der Waals surface area contributed by atoms with E-state index in [2.05, 4.69) is 0 Å². The summed E-state index contributed by atoms with van der Waals surface area (Å²) in [4.78, 5) is 10.9. The van der Waals surface area contributed by atoms with E-state index in [0.717, 1.165) is 16.9 Å². The van der Waals surface area contributed by atoms with Gasteiger partial charge in [-0.15, -0.1) is 0 Å². The Morgan fingerprint density at radius 1 is 1.35 bits per heavy atom. The van der Waals surface area contributed by atoms with E-state index in [0.29, 0.717) is 0 Å². The molecule has 0 aliphatic rings. The summed E-state index contributed by atoms with van der Waals surface area (Å²) in [6.07, 6.45) is 1.33. The van der Waals surface area contributed by atoms with E-state index in [1.165, 1.54) is 6.92 Å². The normalized spacial score (nSPS) is 13.3. The molecule has 1 unspecified atom stereocenters. The van der Waals surface area contributed by atoms with Crippen molar-refractivity contribution >= 4 is 11.9 Å². The summed E-state index contributed by atoms with van der Waals surface area (Å²) in [6.45, 7) is 3.29. The maximum Gasteiger partial charge on any atom is 0.132 e. The lowest BCUT2D eigenvalue weighted by molar-refractivity contribution is -0.118. The lowest BCUT2D eigenvalue weighted by atomic mass is 10.0. The minimum absolute atomic E-state index is 0.0139. The van der Waals surface area contributed by atoms with Gasteiger partial charge in [0.2, 0.25) is 0 Å². The molecule has 1 aromatic rings. The number of carbonyl (C=O) groups excluding carboxylic acids is 1. The van der Waals surface area contributed by atoms with Crippen LogP contribution in [0.1, 0.15) is 25.8 Å². The Morgan fingerprint density at radius 2 is 1.94 bits per heavy atom. The fourth-order valence-corrected chi connectivity index (χ4v) is 1.49. The number of aliphatic hydroxyl groups excluding tert-OH is 1. The monoisotopic (exact) mass is 234 g/mol. The molecule has 0 aliphatic heterocycles. The predicted octanol–water partition coefficient (Wildman–Crippen LogP) is 2.44. The van der Waals surface area contributed by atoms with Gasteiger partial charge >= 0.3 is 0 Å². The van der Waals surface area contributed by atoms with Gasteiger partial charge in [-0.1, -0.05) is 18.2 Å². The van der Waals surface area contributed by atoms with E-state index in [4.69, 9.17) is 4.74 Å². The first-order chi connectivity index (χ1) is 8.02. The summed E-state index contributed by atoms with van der Waals surface area (Å²) >= 11 is 0. The fraction of sp³-hybridized carbons (Fsp3) is 0.357. The van der Waals surface area contributed by atoms with Crippen molar-refractivity contribution in [1.29, 1.82) is 0 Å². The second-order valence-corrected chi connectivity index (χ2v) is 4.08. The average molecular weight is 234 g/mol. The van der Waals surface area contributed by atoms with Gasteiger partial charge in [0.1, 0.15) is 11.5 Å². The Labute approximate surface area is 102 Å². The number of carbonyl (C=O) groups is 1. The van der Waals surface area contributed by atoms with E-state index in [1.54, 1.807) is 7.11 Å². The highest BCUT2D eigenvalue weighted by Gasteiger charge is 2.08. The van der Waals surface area contributed by atoms with Gasteiger partial charge in [-0.2, -0.15) is 0 Å². The van der Waals surface area contributed by atoms with E-state index in [-0.39, 0.29) is 12.2 Å². The van der Waals surface area contributed by atoms with Crippen molar-refractivity contribution in [3.63, 3.8) is 0 Å². The molecule has 0 heterocycles. The topological polar surface area (TPSA) is 46.5 Å². The quantitative estimate of drug-likeness (QED) is 0.851. The van der Waals surface area contributed by atoms with E-state index < -0.39 is 6.10 Å². The molecule has 92 valence electrons. The maximum atomic E-state index is 10.9. The first-order valence-corrected chi connectivity index (χ1v) is 5.52. The third-order valence-corrected chi connectivity index (χ3v) is 2.52. The van der Waals surface area contributed by atoms with Crippen molar-refractivity contribution in [1.82, 2.24) is 0 Å². The SMILES string of the molecule is COc1ccc(/C=C(\C)C(O)CC(C)=O)cc1. The standard InChI is InChI=1S/C14H18O3/c1-10(14(16)9-11(2)15)8-12-4-6-13(17-3)7-5-12/h4-8,14,16H,9H2,1-3H3/b10-8+. The van der Waals surface area contributed by atoms with Crippen molar-refractivity contribution < 1.29 is 14.6 Å². The van der Waals surface area contributed by atoms with Gasteiger partial charge < -0.3 is 9.84 Å². The molecule has 0 fully saturated rings. The van der Waals surface area contributed by atoms with Crippen LogP contribution >= 0.6 is 0 Å². The molecule has 0 aromatic heterocycles. The van der Waals surface area contributed by atoms with Crippen molar-refractivity contribution in [2.45, 2.75) is 26.4 Å². The van der Waals surface area contributed by atoms with Gasteiger partial charge in [0.05, 0.1) is 13.2 Å². The van der Waals surface area contributed by atoms with Crippen LogP contribution < -0.4 is 4.74 Å². The fourth-order valence-electron chi connectivity index (χ4n) is 1.49. The van der Waals surface area contributed by atoms with Crippen LogP contribution in [0.5, 0.6) is 5.75 Å². The molecule has 17 heavy (non-hydrogen) atoms. The van der Waals surface area contributed by atoms with Crippen LogP contribution in [-0.4, -0.2) is 24.1 Å². The molecule has 1 atom stereocenters. The number of ketones is 1. The minimum Gasteiger partial charge on any atom is -0.497 e. The van der Waals surface area contributed by atoms with Crippen LogP contribution in [0.3, 0.4) is 0 Å². The highest BCUT2D eigenvalue weighted by atomic mass is 16.5. The molecule has 3 nitrogen and oxygen atoms in total. The summed E-state index contributed by atoms with van der Waals surface area (Å²) in [5, 5.41) is 9.74. The Hall–Kier alpha value is -1.61. The number of hydrogen-bond donors (Lipinski definition) is 1. The number of benzene rings is 1. The van der Waals surface area contributed by atoms with Crippen LogP contribution in [0.2, 0.25) is 0 Å². The molecule has 3 heteroatoms. The zero-order valence-electron chi connectivity index (χ0n) is 10.4. The van der Waals surface area contributed by atoms with Gasteiger partial charge in [-0.25, -0.2) is 0 Å². The molecule has 0 saturated carbocycles. The van der Waals surface area contributed by atoms with Gasteiger partial charge in [0.15, 0.2) is 0 Å². The summed E-state index contributed by atoms with van der Waals surface area (Å²) in [7, 11) is 1.62. The second kappa shape index (κ2) is 6.21. The first kappa shape index (κ1) is 13.5. The Bertz CT molecular complexity index is 404. The number of hydrogen-bond acceptors (Lipinski definition) is 3.